The van der Waals surface area contributed by atoms with E-state index < -0.39 is 11.7 Å². The van der Waals surface area contributed by atoms with Crippen LogP contribution in [-0.4, -0.2) is 50.8 Å². The van der Waals surface area contributed by atoms with Gasteiger partial charge in [0.25, 0.3) is 0 Å². The van der Waals surface area contributed by atoms with Crippen molar-refractivity contribution in [2.45, 2.75) is 57.4 Å². The lowest BCUT2D eigenvalue weighted by molar-refractivity contribution is -0.0773. The van der Waals surface area contributed by atoms with E-state index in [0.29, 0.717) is 6.04 Å². The molecule has 6 nitrogen and oxygen atoms in total. The van der Waals surface area contributed by atoms with Gasteiger partial charge in [-0.1, -0.05) is 0 Å². The summed E-state index contributed by atoms with van der Waals surface area (Å²) in [4.78, 5) is 11.8. The van der Waals surface area contributed by atoms with Crippen molar-refractivity contribution in [3.05, 3.63) is 0 Å². The van der Waals surface area contributed by atoms with Crippen molar-refractivity contribution < 1.29 is 19.0 Å². The Balaban J connectivity index is 2.50. The van der Waals surface area contributed by atoms with Crippen LogP contribution in [0.1, 0.15) is 33.6 Å². The molecule has 3 atom stereocenters. The van der Waals surface area contributed by atoms with E-state index in [-0.39, 0.29) is 18.9 Å². The van der Waals surface area contributed by atoms with Crippen LogP contribution in [0.25, 0.3) is 0 Å². The monoisotopic (exact) mass is 274 g/mol. The molecule has 19 heavy (non-hydrogen) atoms. The number of carbonyl (C=O) groups is 1. The quantitative estimate of drug-likeness (QED) is 0.739. The van der Waals surface area contributed by atoms with Gasteiger partial charge in [-0.25, -0.2) is 4.79 Å². The Morgan fingerprint density at radius 1 is 1.32 bits per heavy atom. The largest absolute Gasteiger partial charge is 0.444 e. The van der Waals surface area contributed by atoms with Crippen LogP contribution in [0.2, 0.25) is 0 Å². The van der Waals surface area contributed by atoms with E-state index in [4.69, 9.17) is 14.2 Å². The summed E-state index contributed by atoms with van der Waals surface area (Å²) >= 11 is 0. The average molecular weight is 274 g/mol. The summed E-state index contributed by atoms with van der Waals surface area (Å²) in [5.41, 5.74) is -0.492. The van der Waals surface area contributed by atoms with Crippen LogP contribution in [0.5, 0.6) is 0 Å². The number of hydrogen-bond donors (Lipinski definition) is 2. The molecule has 0 saturated heterocycles. The molecular formula is C13H26N2O4. The van der Waals surface area contributed by atoms with Crippen molar-refractivity contribution in [2.24, 2.45) is 0 Å². The molecule has 0 aromatic rings. The Hall–Kier alpha value is -0.850. The van der Waals surface area contributed by atoms with Crippen LogP contribution in [0.15, 0.2) is 0 Å². The third kappa shape index (κ3) is 5.76. The Labute approximate surface area is 115 Å². The number of methoxy groups -OCH3 is 1. The van der Waals surface area contributed by atoms with Gasteiger partial charge in [0.05, 0.1) is 12.1 Å². The smallest absolute Gasteiger partial charge is 0.407 e. The zero-order valence-corrected chi connectivity index (χ0v) is 12.5. The maximum Gasteiger partial charge on any atom is 0.407 e. The van der Waals surface area contributed by atoms with Crippen LogP contribution >= 0.6 is 0 Å². The zero-order valence-electron chi connectivity index (χ0n) is 12.5. The van der Waals surface area contributed by atoms with Crippen molar-refractivity contribution in [3.8, 4) is 0 Å². The van der Waals surface area contributed by atoms with Gasteiger partial charge in [0.2, 0.25) is 0 Å². The molecule has 1 aliphatic rings. The average Bonchev–Trinajstić information content (AvgIpc) is 2.66. The summed E-state index contributed by atoms with van der Waals surface area (Å²) in [6, 6.07) is 0.282. The summed E-state index contributed by atoms with van der Waals surface area (Å²) < 4.78 is 15.8. The number of alkyl carbamates (subject to hydrolysis) is 1. The molecule has 1 rings (SSSR count). The topological polar surface area (TPSA) is 68.8 Å². The number of rotatable bonds is 5. The zero-order chi connectivity index (χ0) is 14.5. The molecule has 0 aromatic carbocycles. The van der Waals surface area contributed by atoms with Gasteiger partial charge in [0.15, 0.2) is 0 Å². The maximum absolute atomic E-state index is 11.8. The number of nitrogens with one attached hydrogen (secondary N) is 2. The molecule has 1 saturated carbocycles. The summed E-state index contributed by atoms with van der Waals surface area (Å²) in [5, 5.41) is 6.09. The normalized spacial score (nSPS) is 27.3. The van der Waals surface area contributed by atoms with Crippen LogP contribution < -0.4 is 10.6 Å². The predicted molar refractivity (Wildman–Crippen MR) is 72.0 cm³/mol. The second-order valence-corrected chi connectivity index (χ2v) is 5.82. The molecule has 0 radical (unpaired) electrons. The first-order valence-corrected chi connectivity index (χ1v) is 6.63. The molecule has 0 unspecified atom stereocenters. The van der Waals surface area contributed by atoms with Crippen molar-refractivity contribution in [2.75, 3.05) is 21.0 Å². The molecule has 2 N–H and O–H groups in total. The molecule has 1 fully saturated rings. The van der Waals surface area contributed by atoms with E-state index in [0.717, 1.165) is 12.8 Å². The van der Waals surface area contributed by atoms with Gasteiger partial charge in [0.1, 0.15) is 12.4 Å². The minimum absolute atomic E-state index is 0.0510. The second-order valence-electron chi connectivity index (χ2n) is 5.82. The first-order chi connectivity index (χ1) is 8.85. The Morgan fingerprint density at radius 3 is 2.53 bits per heavy atom. The van der Waals surface area contributed by atoms with Gasteiger partial charge >= 0.3 is 6.09 Å². The number of carbonyl (C=O) groups excluding carboxylic acids is 1. The first kappa shape index (κ1) is 16.2. The SMILES string of the molecule is CN[C@@H]1C[C@H](OCOC)[C@H](NC(=O)OC(C)(C)C)C1. The molecule has 0 heterocycles. The third-order valence-electron chi connectivity index (χ3n) is 3.01. The Bertz CT molecular complexity index is 291. The Morgan fingerprint density at radius 2 is 2.00 bits per heavy atom. The fourth-order valence-electron chi connectivity index (χ4n) is 2.19. The van der Waals surface area contributed by atoms with Crippen molar-refractivity contribution >= 4 is 6.09 Å². The fourth-order valence-corrected chi connectivity index (χ4v) is 2.19. The van der Waals surface area contributed by atoms with Crippen LogP contribution in [0, 0.1) is 0 Å². The molecule has 0 aliphatic heterocycles. The lowest BCUT2D eigenvalue weighted by Crippen LogP contribution is -2.44. The predicted octanol–water partition coefficient (Wildman–Crippen LogP) is 1.25. The van der Waals surface area contributed by atoms with Crippen LogP contribution in [-0.2, 0) is 14.2 Å². The number of hydrogen-bond acceptors (Lipinski definition) is 5. The van der Waals surface area contributed by atoms with Gasteiger partial charge < -0.3 is 24.8 Å². The highest BCUT2D eigenvalue weighted by Crippen LogP contribution is 2.23. The van der Waals surface area contributed by atoms with Crippen molar-refractivity contribution in [1.29, 1.82) is 0 Å². The summed E-state index contributed by atoms with van der Waals surface area (Å²) in [6.07, 6.45) is 1.22. The van der Waals surface area contributed by atoms with E-state index in [9.17, 15) is 4.79 Å². The van der Waals surface area contributed by atoms with E-state index in [1.54, 1.807) is 7.11 Å². The van der Waals surface area contributed by atoms with Gasteiger partial charge in [-0.15, -0.1) is 0 Å². The highest BCUT2D eigenvalue weighted by molar-refractivity contribution is 5.68. The van der Waals surface area contributed by atoms with E-state index in [1.165, 1.54) is 0 Å². The molecule has 112 valence electrons. The van der Waals surface area contributed by atoms with Gasteiger partial charge in [0, 0.05) is 13.2 Å². The van der Waals surface area contributed by atoms with Crippen LogP contribution in [0.3, 0.4) is 0 Å². The standard InChI is InChI=1S/C13H26N2O4/c1-13(2,3)19-12(16)15-10-6-9(14-4)7-11(10)18-8-17-5/h9-11,14H,6-8H2,1-5H3,(H,15,16)/t9-,10+,11-/m0/s1. The molecule has 0 bridgehead atoms. The summed E-state index contributed by atoms with van der Waals surface area (Å²) in [7, 11) is 3.49. The highest BCUT2D eigenvalue weighted by atomic mass is 16.7. The molecule has 0 aromatic heterocycles. The molecule has 0 spiro atoms. The minimum atomic E-state index is -0.492. The van der Waals surface area contributed by atoms with Gasteiger partial charge in [-0.3, -0.25) is 0 Å². The lowest BCUT2D eigenvalue weighted by Gasteiger charge is -2.24. The summed E-state index contributed by atoms with van der Waals surface area (Å²) in [5.74, 6) is 0. The highest BCUT2D eigenvalue weighted by Gasteiger charge is 2.36. The lowest BCUT2D eigenvalue weighted by atomic mass is 10.2. The second kappa shape index (κ2) is 7.07. The van der Waals surface area contributed by atoms with Crippen LogP contribution in [0.4, 0.5) is 4.79 Å². The minimum Gasteiger partial charge on any atom is -0.444 e. The first-order valence-electron chi connectivity index (χ1n) is 6.63. The number of ether oxygens (including phenoxy) is 3. The molecule has 1 amide bonds. The van der Waals surface area contributed by atoms with E-state index in [1.807, 2.05) is 27.8 Å². The van der Waals surface area contributed by atoms with E-state index >= 15 is 0 Å². The maximum atomic E-state index is 11.8. The fraction of sp³-hybridized carbons (Fsp3) is 0.923. The van der Waals surface area contributed by atoms with Crippen molar-refractivity contribution in [1.82, 2.24) is 10.6 Å². The molecule has 6 heteroatoms. The van der Waals surface area contributed by atoms with Gasteiger partial charge in [-0.05, 0) is 40.7 Å². The Kier molecular flexibility index (Phi) is 6.03. The molecular weight excluding hydrogens is 248 g/mol. The van der Waals surface area contributed by atoms with Gasteiger partial charge in [-0.2, -0.15) is 0 Å². The summed E-state index contributed by atoms with van der Waals surface area (Å²) in [6.45, 7) is 5.76. The molecule has 1 aliphatic carbocycles. The van der Waals surface area contributed by atoms with E-state index in [2.05, 4.69) is 10.6 Å². The van der Waals surface area contributed by atoms with Crippen molar-refractivity contribution in [3.63, 3.8) is 0 Å². The number of amides is 1. The third-order valence-corrected chi connectivity index (χ3v) is 3.01.